The molecule has 5 saturated carbocycles. The number of carboxylic acids is 2. The van der Waals surface area contributed by atoms with E-state index in [0.29, 0.717) is 32.1 Å². The quantitative estimate of drug-likeness (QED) is 0.306. The zero-order valence-electron chi connectivity index (χ0n) is 28.7. The minimum Gasteiger partial charge on any atom is -0.481 e. The molecule has 0 saturated heterocycles. The molecular weight excluding hydrogens is 568 g/mol. The summed E-state index contributed by atoms with van der Waals surface area (Å²) >= 11 is 0. The lowest BCUT2D eigenvalue weighted by molar-refractivity contribution is -0.213. The SMILES string of the molecule is CC12CC[C@](C)(C(=O)O)CC1C1=CC(=O)[C@@H]3C4(C)CC[C@H](OC(=O)[C@@H]5CCCC[C@@H]5C(=O)O)C(C)(C)C4CCC3(C)[C@]1(C)CC2. The van der Waals surface area contributed by atoms with E-state index in [0.717, 1.165) is 51.4 Å². The molecule has 5 unspecified atom stereocenters. The summed E-state index contributed by atoms with van der Waals surface area (Å²) in [5, 5.41) is 20.0. The zero-order chi connectivity index (χ0) is 33.0. The molecule has 7 nitrogen and oxygen atoms in total. The first-order valence-electron chi connectivity index (χ1n) is 17.8. The molecule has 0 aromatic rings. The van der Waals surface area contributed by atoms with Gasteiger partial charge in [-0.3, -0.25) is 19.2 Å². The van der Waals surface area contributed by atoms with E-state index in [-0.39, 0.29) is 62.7 Å². The van der Waals surface area contributed by atoms with Crippen molar-refractivity contribution in [2.75, 3.05) is 0 Å². The third kappa shape index (κ3) is 4.54. The summed E-state index contributed by atoms with van der Waals surface area (Å²) in [5.41, 5.74) is -0.576. The Morgan fingerprint density at radius 3 is 2.09 bits per heavy atom. The lowest BCUT2D eigenvalue weighted by Gasteiger charge is -2.70. The Kier molecular flexibility index (Phi) is 7.58. The van der Waals surface area contributed by atoms with Crippen LogP contribution in [0.2, 0.25) is 0 Å². The molecule has 5 fully saturated rings. The third-order valence-electron chi connectivity index (χ3n) is 15.7. The highest BCUT2D eigenvalue weighted by atomic mass is 16.5. The van der Waals surface area contributed by atoms with E-state index in [4.69, 9.17) is 4.74 Å². The predicted molar refractivity (Wildman–Crippen MR) is 170 cm³/mol. The summed E-state index contributed by atoms with van der Waals surface area (Å²) in [4.78, 5) is 52.4. The van der Waals surface area contributed by atoms with Crippen LogP contribution in [0, 0.1) is 62.1 Å². The topological polar surface area (TPSA) is 118 Å². The van der Waals surface area contributed by atoms with Crippen LogP contribution >= 0.6 is 0 Å². The third-order valence-corrected chi connectivity index (χ3v) is 15.7. The van der Waals surface area contributed by atoms with E-state index in [9.17, 15) is 29.4 Å². The average molecular weight is 625 g/mol. The number of allylic oxidation sites excluding steroid dienone is 2. The Morgan fingerprint density at radius 1 is 0.800 bits per heavy atom. The lowest BCUT2D eigenvalue weighted by Crippen LogP contribution is -2.66. The van der Waals surface area contributed by atoms with Crippen molar-refractivity contribution in [2.24, 2.45) is 62.1 Å². The van der Waals surface area contributed by atoms with Crippen molar-refractivity contribution >= 4 is 23.7 Å². The van der Waals surface area contributed by atoms with E-state index in [2.05, 4.69) is 41.5 Å². The highest BCUT2D eigenvalue weighted by molar-refractivity contribution is 5.95. The number of ether oxygens (including phenoxy) is 1. The molecule has 250 valence electrons. The summed E-state index contributed by atoms with van der Waals surface area (Å²) in [6.07, 6.45) is 12.0. The summed E-state index contributed by atoms with van der Waals surface area (Å²) in [5.74, 6) is -2.91. The van der Waals surface area contributed by atoms with Crippen LogP contribution in [0.25, 0.3) is 0 Å². The van der Waals surface area contributed by atoms with Crippen LogP contribution in [0.15, 0.2) is 11.6 Å². The highest BCUT2D eigenvalue weighted by Gasteiger charge is 2.70. The second-order valence-electron chi connectivity index (χ2n) is 18.2. The molecular formula is C38H56O7. The van der Waals surface area contributed by atoms with E-state index in [1.54, 1.807) is 0 Å². The van der Waals surface area contributed by atoms with Gasteiger partial charge in [-0.05, 0) is 117 Å². The van der Waals surface area contributed by atoms with Crippen molar-refractivity contribution in [3.63, 3.8) is 0 Å². The predicted octanol–water partition coefficient (Wildman–Crippen LogP) is 7.85. The Labute approximate surface area is 269 Å². The number of hydrogen-bond acceptors (Lipinski definition) is 5. The Balaban J connectivity index is 1.30. The molecule has 0 spiro atoms. The molecule has 0 aromatic heterocycles. The average Bonchev–Trinajstić information content (AvgIpc) is 2.96. The van der Waals surface area contributed by atoms with Crippen molar-refractivity contribution in [1.82, 2.24) is 0 Å². The fraction of sp³-hybridized carbons (Fsp3) is 0.842. The Bertz CT molecular complexity index is 1330. The lowest BCUT2D eigenvalue weighted by atomic mass is 9.33. The normalized spacial score (nSPS) is 48.9. The summed E-state index contributed by atoms with van der Waals surface area (Å²) in [6, 6.07) is 0. The molecule has 0 radical (unpaired) electrons. The van der Waals surface area contributed by atoms with Crippen LogP contribution in [0.3, 0.4) is 0 Å². The summed E-state index contributed by atoms with van der Waals surface area (Å²) < 4.78 is 6.28. The van der Waals surface area contributed by atoms with Gasteiger partial charge in [-0.15, -0.1) is 0 Å². The van der Waals surface area contributed by atoms with Gasteiger partial charge >= 0.3 is 17.9 Å². The van der Waals surface area contributed by atoms with Gasteiger partial charge in [0.1, 0.15) is 6.10 Å². The summed E-state index contributed by atoms with van der Waals surface area (Å²) in [6.45, 7) is 15.7. The van der Waals surface area contributed by atoms with Crippen LogP contribution < -0.4 is 0 Å². The maximum Gasteiger partial charge on any atom is 0.310 e. The molecule has 0 bridgehead atoms. The molecule has 6 aliphatic rings. The summed E-state index contributed by atoms with van der Waals surface area (Å²) in [7, 11) is 0. The molecule has 6 aliphatic carbocycles. The number of carboxylic acid groups (broad SMARTS) is 2. The second-order valence-corrected chi connectivity index (χ2v) is 18.2. The fourth-order valence-electron chi connectivity index (χ4n) is 12.5. The first kappa shape index (κ1) is 32.7. The van der Waals surface area contributed by atoms with Gasteiger partial charge < -0.3 is 14.9 Å². The molecule has 45 heavy (non-hydrogen) atoms. The van der Waals surface area contributed by atoms with Gasteiger partial charge in [-0.1, -0.05) is 60.0 Å². The van der Waals surface area contributed by atoms with Crippen LogP contribution in [0.4, 0.5) is 0 Å². The Hall–Kier alpha value is -2.18. The molecule has 0 aromatic carbocycles. The van der Waals surface area contributed by atoms with Crippen molar-refractivity contribution in [1.29, 1.82) is 0 Å². The van der Waals surface area contributed by atoms with Crippen LogP contribution in [0.1, 0.15) is 132 Å². The minimum atomic E-state index is -0.903. The maximum absolute atomic E-state index is 14.6. The number of carbonyl (C=O) groups is 4. The molecule has 2 N–H and O–H groups in total. The standard InChI is InChI=1S/C38H56O7/c1-33(2)27-12-15-38(7)29(36(27,5)14-13-28(33)45-31(42)23-11-9-8-10-22(23)30(40)41)26(39)20-24-25-21-35(4,32(43)44)17-16-34(25,3)18-19-37(24,38)6/h20,22-23,25,27-29H,8-19,21H2,1-7H3,(H,40,41)(H,43,44)/t22-,23+,25?,27?,28-,29+,34?,35-,36?,37+,38?/m0/s1. The molecule has 0 aliphatic heterocycles. The van der Waals surface area contributed by atoms with E-state index >= 15 is 0 Å². The number of hydrogen-bond donors (Lipinski definition) is 2. The number of fused-ring (bicyclic) bond motifs is 7. The largest absolute Gasteiger partial charge is 0.481 e. The first-order chi connectivity index (χ1) is 20.8. The number of rotatable bonds is 4. The number of esters is 1. The molecule has 6 rings (SSSR count). The van der Waals surface area contributed by atoms with E-state index in [1.165, 1.54) is 5.57 Å². The molecule has 11 atom stereocenters. The van der Waals surface area contributed by atoms with Gasteiger partial charge in [0.05, 0.1) is 17.3 Å². The fourth-order valence-corrected chi connectivity index (χ4v) is 12.5. The Morgan fingerprint density at radius 2 is 1.44 bits per heavy atom. The zero-order valence-corrected chi connectivity index (χ0v) is 28.7. The maximum atomic E-state index is 14.6. The number of ketones is 1. The smallest absolute Gasteiger partial charge is 0.310 e. The van der Waals surface area contributed by atoms with Gasteiger partial charge in [0.25, 0.3) is 0 Å². The first-order valence-corrected chi connectivity index (χ1v) is 17.8. The molecule has 0 heterocycles. The van der Waals surface area contributed by atoms with Crippen molar-refractivity contribution in [3.8, 4) is 0 Å². The second kappa shape index (κ2) is 10.4. The van der Waals surface area contributed by atoms with Crippen LogP contribution in [-0.2, 0) is 23.9 Å². The molecule has 7 heteroatoms. The number of carbonyl (C=O) groups excluding carboxylic acids is 2. The minimum absolute atomic E-state index is 0.0206. The van der Waals surface area contributed by atoms with Crippen molar-refractivity contribution < 1.29 is 34.1 Å². The van der Waals surface area contributed by atoms with E-state index < -0.39 is 29.2 Å². The van der Waals surface area contributed by atoms with Gasteiger partial charge in [-0.2, -0.15) is 0 Å². The number of aliphatic carboxylic acids is 2. The van der Waals surface area contributed by atoms with Crippen molar-refractivity contribution in [2.45, 2.75) is 138 Å². The van der Waals surface area contributed by atoms with Gasteiger partial charge in [0.15, 0.2) is 5.78 Å². The monoisotopic (exact) mass is 624 g/mol. The van der Waals surface area contributed by atoms with Gasteiger partial charge in [-0.25, -0.2) is 0 Å². The highest BCUT2D eigenvalue weighted by Crippen LogP contribution is 2.75. The van der Waals surface area contributed by atoms with E-state index in [1.807, 2.05) is 13.0 Å². The van der Waals surface area contributed by atoms with Gasteiger partial charge in [0.2, 0.25) is 0 Å². The molecule has 0 amide bonds. The van der Waals surface area contributed by atoms with Crippen LogP contribution in [-0.4, -0.2) is 40.0 Å². The van der Waals surface area contributed by atoms with Crippen molar-refractivity contribution in [3.05, 3.63) is 11.6 Å². The van der Waals surface area contributed by atoms with Gasteiger partial charge in [0, 0.05) is 11.3 Å². The van der Waals surface area contributed by atoms with Crippen LogP contribution in [0.5, 0.6) is 0 Å².